The van der Waals surface area contributed by atoms with Crippen LogP contribution in [0.15, 0.2) is 0 Å². The summed E-state index contributed by atoms with van der Waals surface area (Å²) in [7, 11) is 0. The van der Waals surface area contributed by atoms with E-state index in [0.717, 1.165) is 32.2 Å². The molecule has 0 spiro atoms. The number of nitrogens with one attached hydrogen (secondary N) is 2. The number of hydrogen-bond acceptors (Lipinski definition) is 4. The maximum Gasteiger partial charge on any atom is 0.321 e. The average Bonchev–Trinajstić information content (AvgIpc) is 3.14. The summed E-state index contributed by atoms with van der Waals surface area (Å²) in [5.74, 6) is 0.414. The Bertz CT molecular complexity index is 344. The Morgan fingerprint density at radius 2 is 2.05 bits per heavy atom. The van der Waals surface area contributed by atoms with Gasteiger partial charge in [-0.15, -0.1) is 0 Å². The summed E-state index contributed by atoms with van der Waals surface area (Å²) in [5.41, 5.74) is 5.75. The van der Waals surface area contributed by atoms with E-state index < -0.39 is 0 Å². The van der Waals surface area contributed by atoms with E-state index in [1.807, 2.05) is 0 Å². The van der Waals surface area contributed by atoms with Crippen molar-refractivity contribution in [3.8, 4) is 0 Å². The van der Waals surface area contributed by atoms with Gasteiger partial charge >= 0.3 is 6.03 Å². The predicted octanol–water partition coefficient (Wildman–Crippen LogP) is 0.0338. The van der Waals surface area contributed by atoms with E-state index in [9.17, 15) is 9.59 Å². The van der Waals surface area contributed by atoms with Gasteiger partial charge in [-0.25, -0.2) is 4.79 Å². The summed E-state index contributed by atoms with van der Waals surface area (Å²) in [6.07, 6.45) is 4.14. The zero-order chi connectivity index (χ0) is 13.8. The quantitative estimate of drug-likeness (QED) is 0.671. The number of imide groups is 1. The third-order valence-corrected chi connectivity index (χ3v) is 3.88. The summed E-state index contributed by atoms with van der Waals surface area (Å²) >= 11 is 0. The molecule has 19 heavy (non-hydrogen) atoms. The van der Waals surface area contributed by atoms with Crippen molar-refractivity contribution in [2.75, 3.05) is 19.6 Å². The van der Waals surface area contributed by atoms with Crippen molar-refractivity contribution in [2.45, 2.75) is 44.7 Å². The molecule has 3 amide bonds. The number of carbonyl (C=O) groups excluding carboxylic acids is 2. The zero-order valence-corrected chi connectivity index (χ0v) is 11.5. The zero-order valence-electron chi connectivity index (χ0n) is 11.5. The van der Waals surface area contributed by atoms with Crippen molar-refractivity contribution < 1.29 is 9.59 Å². The van der Waals surface area contributed by atoms with Crippen LogP contribution in [-0.2, 0) is 4.79 Å². The van der Waals surface area contributed by atoms with Crippen LogP contribution in [0, 0.1) is 5.92 Å². The van der Waals surface area contributed by atoms with Crippen LogP contribution in [0.2, 0.25) is 0 Å². The van der Waals surface area contributed by atoms with Gasteiger partial charge in [0, 0.05) is 18.6 Å². The number of rotatable bonds is 4. The molecular formula is C13H24N4O2. The Morgan fingerprint density at radius 3 is 2.68 bits per heavy atom. The van der Waals surface area contributed by atoms with Crippen LogP contribution in [0.4, 0.5) is 4.79 Å². The van der Waals surface area contributed by atoms with Crippen LogP contribution in [0.1, 0.15) is 32.6 Å². The Labute approximate surface area is 114 Å². The highest BCUT2D eigenvalue weighted by Crippen LogP contribution is 2.21. The second kappa shape index (κ2) is 6.34. The fraction of sp³-hybridized carbons (Fsp3) is 0.846. The van der Waals surface area contributed by atoms with Gasteiger partial charge in [0.05, 0.1) is 6.54 Å². The lowest BCUT2D eigenvalue weighted by molar-refractivity contribution is -0.122. The molecule has 2 atom stereocenters. The average molecular weight is 268 g/mol. The molecule has 2 unspecified atom stereocenters. The van der Waals surface area contributed by atoms with Crippen molar-refractivity contribution in [2.24, 2.45) is 11.7 Å². The lowest BCUT2D eigenvalue weighted by atomic mass is 9.92. The fourth-order valence-electron chi connectivity index (χ4n) is 2.55. The van der Waals surface area contributed by atoms with E-state index in [1.165, 1.54) is 0 Å². The molecule has 1 heterocycles. The fourth-order valence-corrected chi connectivity index (χ4v) is 2.55. The summed E-state index contributed by atoms with van der Waals surface area (Å²) in [6, 6.07) is 0.142. The van der Waals surface area contributed by atoms with Gasteiger partial charge in [0.25, 0.3) is 0 Å². The van der Waals surface area contributed by atoms with Crippen molar-refractivity contribution in [1.82, 2.24) is 15.5 Å². The highest BCUT2D eigenvalue weighted by Gasteiger charge is 2.28. The van der Waals surface area contributed by atoms with Crippen molar-refractivity contribution in [3.63, 3.8) is 0 Å². The second-order valence-electron chi connectivity index (χ2n) is 5.79. The van der Waals surface area contributed by atoms with Gasteiger partial charge < -0.3 is 11.1 Å². The first-order valence-corrected chi connectivity index (χ1v) is 7.13. The van der Waals surface area contributed by atoms with Crippen LogP contribution in [0.5, 0.6) is 0 Å². The molecule has 2 aliphatic rings. The third-order valence-electron chi connectivity index (χ3n) is 3.88. The molecule has 1 aliphatic heterocycles. The van der Waals surface area contributed by atoms with E-state index in [-0.39, 0.29) is 30.6 Å². The maximum atomic E-state index is 11.8. The normalized spacial score (nSPS) is 27.9. The number of carbonyl (C=O) groups is 2. The molecule has 4 N–H and O–H groups in total. The molecule has 1 aliphatic carbocycles. The standard InChI is InChI=1S/C13H24N4O2/c1-9-4-5-17(11(6-9)7-14)8-12(18)16-13(19)15-10-2-3-10/h9-11H,2-8,14H2,1H3,(H2,15,16,18,19). The largest absolute Gasteiger partial charge is 0.335 e. The molecule has 0 radical (unpaired) electrons. The SMILES string of the molecule is CC1CCN(CC(=O)NC(=O)NC2CC2)C(CN)C1. The molecule has 108 valence electrons. The molecule has 6 nitrogen and oxygen atoms in total. The summed E-state index contributed by atoms with van der Waals surface area (Å²) in [5, 5.41) is 5.12. The minimum Gasteiger partial charge on any atom is -0.335 e. The molecule has 1 saturated heterocycles. The third kappa shape index (κ3) is 4.47. The lowest BCUT2D eigenvalue weighted by Crippen LogP contribution is -2.51. The van der Waals surface area contributed by atoms with Crippen LogP contribution in [0.3, 0.4) is 0 Å². The summed E-state index contributed by atoms with van der Waals surface area (Å²) in [6.45, 7) is 3.91. The Morgan fingerprint density at radius 1 is 1.32 bits per heavy atom. The molecule has 0 aromatic rings. The van der Waals surface area contributed by atoms with Gasteiger partial charge in [-0.3, -0.25) is 15.0 Å². The monoisotopic (exact) mass is 268 g/mol. The highest BCUT2D eigenvalue weighted by atomic mass is 16.2. The Kier molecular flexibility index (Phi) is 4.76. The number of nitrogens with zero attached hydrogens (tertiary/aromatic N) is 1. The number of nitrogens with two attached hydrogens (primary N) is 1. The van der Waals surface area contributed by atoms with Crippen molar-refractivity contribution in [1.29, 1.82) is 0 Å². The van der Waals surface area contributed by atoms with E-state index in [0.29, 0.717) is 12.5 Å². The predicted molar refractivity (Wildman–Crippen MR) is 72.5 cm³/mol. The molecule has 6 heteroatoms. The summed E-state index contributed by atoms with van der Waals surface area (Å²) in [4.78, 5) is 25.4. The molecule has 0 aromatic heterocycles. The number of amides is 3. The number of hydrogen-bond donors (Lipinski definition) is 3. The Balaban J connectivity index is 1.75. The number of likely N-dealkylation sites (tertiary alicyclic amines) is 1. The molecule has 1 saturated carbocycles. The highest BCUT2D eigenvalue weighted by molar-refractivity contribution is 5.95. The van der Waals surface area contributed by atoms with Crippen molar-refractivity contribution in [3.05, 3.63) is 0 Å². The Hall–Kier alpha value is -1.14. The molecular weight excluding hydrogens is 244 g/mol. The van der Waals surface area contributed by atoms with Crippen LogP contribution in [0.25, 0.3) is 0 Å². The maximum absolute atomic E-state index is 11.8. The number of urea groups is 1. The molecule has 0 bridgehead atoms. The van der Waals surface area contributed by atoms with E-state index in [2.05, 4.69) is 22.5 Å². The van der Waals surface area contributed by atoms with Gasteiger partial charge in [-0.1, -0.05) is 6.92 Å². The first-order chi connectivity index (χ1) is 9.08. The topological polar surface area (TPSA) is 87.5 Å². The van der Waals surface area contributed by atoms with Gasteiger partial charge in [0.15, 0.2) is 0 Å². The van der Waals surface area contributed by atoms with Crippen molar-refractivity contribution >= 4 is 11.9 Å². The lowest BCUT2D eigenvalue weighted by Gasteiger charge is -2.37. The minimum absolute atomic E-state index is 0.244. The van der Waals surface area contributed by atoms with E-state index >= 15 is 0 Å². The van der Waals surface area contributed by atoms with E-state index in [4.69, 9.17) is 5.73 Å². The molecule has 2 rings (SSSR count). The molecule has 0 aromatic carbocycles. The van der Waals surface area contributed by atoms with Crippen LogP contribution in [-0.4, -0.2) is 48.6 Å². The summed E-state index contributed by atoms with van der Waals surface area (Å²) < 4.78 is 0. The first kappa shape index (κ1) is 14.3. The van der Waals surface area contributed by atoms with Gasteiger partial charge in [0.1, 0.15) is 0 Å². The van der Waals surface area contributed by atoms with Crippen LogP contribution >= 0.6 is 0 Å². The van der Waals surface area contributed by atoms with Gasteiger partial charge in [-0.05, 0) is 38.1 Å². The van der Waals surface area contributed by atoms with Gasteiger partial charge in [-0.2, -0.15) is 0 Å². The number of piperidine rings is 1. The minimum atomic E-state index is -0.373. The van der Waals surface area contributed by atoms with Gasteiger partial charge in [0.2, 0.25) is 5.91 Å². The first-order valence-electron chi connectivity index (χ1n) is 7.13. The van der Waals surface area contributed by atoms with E-state index in [1.54, 1.807) is 0 Å². The smallest absolute Gasteiger partial charge is 0.321 e. The van der Waals surface area contributed by atoms with Crippen LogP contribution < -0.4 is 16.4 Å². The molecule has 2 fully saturated rings. The second-order valence-corrected chi connectivity index (χ2v) is 5.79.